The number of hydrogen-bond donors (Lipinski definition) is 3. The Morgan fingerprint density at radius 3 is 2.26 bits per heavy atom. The summed E-state index contributed by atoms with van der Waals surface area (Å²) in [6.07, 6.45) is 1.26. The van der Waals surface area contributed by atoms with Crippen molar-refractivity contribution in [3.63, 3.8) is 0 Å². The first-order valence-electron chi connectivity index (χ1n) is 15.8. The normalized spacial score (nSPS) is 11.7. The van der Waals surface area contributed by atoms with Crippen molar-refractivity contribution >= 4 is 86.6 Å². The maximum absolute atomic E-state index is 13.8. The standard InChI is InChI=1S/C39H27Cl2N5O5S2/c40-30-19-18-26(20-31(30)41)33-23-52-39(44-33)45-38(49)35(24-10-3-1-4-11-24)53-29-16-9-15-28(22-29)42-37(48)32(43-36(47)25-12-5-2-6-13-25)21-27-14-7-8-17-34(27)46(50)51/h1-23,35H,(H,42,48)(H,43,47)(H,44,45,49)/b32-21+. The van der Waals surface area contributed by atoms with Gasteiger partial charge < -0.3 is 16.0 Å². The highest BCUT2D eigenvalue weighted by molar-refractivity contribution is 8.00. The molecule has 0 radical (unpaired) electrons. The van der Waals surface area contributed by atoms with Crippen LogP contribution in [0, 0.1) is 10.1 Å². The van der Waals surface area contributed by atoms with Gasteiger partial charge in [-0.05, 0) is 60.2 Å². The molecule has 1 atom stereocenters. The number of thiazole rings is 1. The molecule has 1 aromatic heterocycles. The molecule has 1 unspecified atom stereocenters. The fraction of sp³-hybridized carbons (Fsp3) is 0.0256. The number of carbonyl (C=O) groups excluding carboxylic acids is 3. The molecule has 0 bridgehead atoms. The Bertz CT molecular complexity index is 2340. The Kier molecular flexibility index (Phi) is 12.0. The third kappa shape index (κ3) is 9.56. The molecule has 6 aromatic rings. The number of hydrogen-bond acceptors (Lipinski definition) is 8. The van der Waals surface area contributed by atoms with E-state index in [4.69, 9.17) is 23.2 Å². The van der Waals surface area contributed by atoms with Crippen molar-refractivity contribution in [3.05, 3.63) is 175 Å². The molecule has 0 saturated heterocycles. The lowest BCUT2D eigenvalue weighted by molar-refractivity contribution is -0.385. The number of carbonyl (C=O) groups is 3. The highest BCUT2D eigenvalue weighted by atomic mass is 35.5. The van der Waals surface area contributed by atoms with Crippen LogP contribution in [0.1, 0.15) is 26.7 Å². The third-order valence-electron chi connectivity index (χ3n) is 7.60. The van der Waals surface area contributed by atoms with E-state index in [1.807, 2.05) is 35.7 Å². The van der Waals surface area contributed by atoms with Gasteiger partial charge >= 0.3 is 0 Å². The maximum Gasteiger partial charge on any atom is 0.276 e. The zero-order valence-electron chi connectivity index (χ0n) is 27.4. The zero-order chi connectivity index (χ0) is 37.3. The largest absolute Gasteiger partial charge is 0.321 e. The number of aromatic nitrogens is 1. The number of nitrogens with zero attached hydrogens (tertiary/aromatic N) is 2. The Morgan fingerprint density at radius 2 is 1.53 bits per heavy atom. The zero-order valence-corrected chi connectivity index (χ0v) is 30.5. The van der Waals surface area contributed by atoms with Crippen molar-refractivity contribution in [3.8, 4) is 11.3 Å². The van der Waals surface area contributed by atoms with E-state index in [9.17, 15) is 24.5 Å². The van der Waals surface area contributed by atoms with E-state index < -0.39 is 22.0 Å². The van der Waals surface area contributed by atoms with Crippen LogP contribution >= 0.6 is 46.3 Å². The number of nitro groups is 1. The number of halogens is 2. The molecule has 53 heavy (non-hydrogen) atoms. The van der Waals surface area contributed by atoms with Gasteiger partial charge in [-0.25, -0.2) is 4.98 Å². The Morgan fingerprint density at radius 1 is 0.811 bits per heavy atom. The molecule has 0 aliphatic carbocycles. The summed E-state index contributed by atoms with van der Waals surface area (Å²) in [5.74, 6) is -1.60. The Hall–Kier alpha value is -5.79. The van der Waals surface area contributed by atoms with Crippen LogP contribution in [0.5, 0.6) is 0 Å². The van der Waals surface area contributed by atoms with Gasteiger partial charge in [-0.3, -0.25) is 24.5 Å². The average molecular weight is 781 g/mol. The monoisotopic (exact) mass is 779 g/mol. The summed E-state index contributed by atoms with van der Waals surface area (Å²) in [5, 5.41) is 22.4. The summed E-state index contributed by atoms with van der Waals surface area (Å²) in [4.78, 5) is 57.0. The fourth-order valence-electron chi connectivity index (χ4n) is 5.05. The first kappa shape index (κ1) is 37.0. The summed E-state index contributed by atoms with van der Waals surface area (Å²) >= 11 is 14.8. The summed E-state index contributed by atoms with van der Waals surface area (Å²) in [6.45, 7) is 0. The molecule has 5 aromatic carbocycles. The average Bonchev–Trinajstić information content (AvgIpc) is 3.64. The van der Waals surface area contributed by atoms with Crippen LogP contribution in [0.4, 0.5) is 16.5 Å². The number of anilines is 2. The number of para-hydroxylation sites is 1. The van der Waals surface area contributed by atoms with Gasteiger partial charge in [0.05, 0.1) is 26.2 Å². The second kappa shape index (κ2) is 17.2. The quantitative estimate of drug-likeness (QED) is 0.0486. The molecule has 0 aliphatic rings. The molecule has 10 nitrogen and oxygen atoms in total. The molecule has 0 fully saturated rings. The van der Waals surface area contributed by atoms with Gasteiger partial charge in [0, 0.05) is 33.2 Å². The van der Waals surface area contributed by atoms with Crippen molar-refractivity contribution in [1.82, 2.24) is 10.3 Å². The number of rotatable bonds is 12. The molecule has 14 heteroatoms. The predicted octanol–water partition coefficient (Wildman–Crippen LogP) is 9.91. The van der Waals surface area contributed by atoms with Crippen LogP contribution in [-0.2, 0) is 9.59 Å². The predicted molar refractivity (Wildman–Crippen MR) is 211 cm³/mol. The number of nitro benzene ring substituents is 1. The second-order valence-electron chi connectivity index (χ2n) is 11.2. The lowest BCUT2D eigenvalue weighted by atomic mass is 10.1. The third-order valence-corrected chi connectivity index (χ3v) is 10.3. The molecule has 264 valence electrons. The van der Waals surface area contributed by atoms with Crippen LogP contribution in [0.3, 0.4) is 0 Å². The van der Waals surface area contributed by atoms with E-state index in [1.165, 1.54) is 47.4 Å². The number of benzene rings is 5. The van der Waals surface area contributed by atoms with Crippen LogP contribution in [-0.4, -0.2) is 27.6 Å². The van der Waals surface area contributed by atoms with E-state index in [0.717, 1.165) is 11.1 Å². The lowest BCUT2D eigenvalue weighted by Crippen LogP contribution is -2.30. The fourth-order valence-corrected chi connectivity index (χ4v) is 7.15. The minimum atomic E-state index is -0.714. The van der Waals surface area contributed by atoms with Crippen molar-refractivity contribution in [2.45, 2.75) is 10.1 Å². The summed E-state index contributed by atoms with van der Waals surface area (Å²) in [5.41, 5.74) is 2.46. The summed E-state index contributed by atoms with van der Waals surface area (Å²) in [7, 11) is 0. The van der Waals surface area contributed by atoms with Gasteiger partial charge in [0.1, 0.15) is 10.9 Å². The molecular formula is C39H27Cl2N5O5S2. The van der Waals surface area contributed by atoms with E-state index in [0.29, 0.717) is 37.0 Å². The highest BCUT2D eigenvalue weighted by Gasteiger charge is 2.24. The SMILES string of the molecule is O=C(Nc1cccc(SC(C(=O)Nc2nc(-c3ccc(Cl)c(Cl)c3)cs2)c2ccccc2)c1)/C(=C\c1ccccc1[N+](=O)[O-])NC(=O)c1ccccc1. The smallest absolute Gasteiger partial charge is 0.276 e. The van der Waals surface area contributed by atoms with Crippen molar-refractivity contribution in [2.24, 2.45) is 0 Å². The van der Waals surface area contributed by atoms with Gasteiger partial charge in [-0.1, -0.05) is 96.0 Å². The molecule has 0 saturated carbocycles. The Balaban J connectivity index is 1.23. The van der Waals surface area contributed by atoms with E-state index in [2.05, 4.69) is 20.9 Å². The molecule has 1 heterocycles. The second-order valence-corrected chi connectivity index (χ2v) is 14.1. The lowest BCUT2D eigenvalue weighted by Gasteiger charge is -2.17. The van der Waals surface area contributed by atoms with Crippen molar-refractivity contribution < 1.29 is 19.3 Å². The summed E-state index contributed by atoms with van der Waals surface area (Å²) < 4.78 is 0. The van der Waals surface area contributed by atoms with Crippen LogP contribution in [0.2, 0.25) is 10.0 Å². The van der Waals surface area contributed by atoms with Gasteiger partial charge in [-0.15, -0.1) is 23.1 Å². The maximum atomic E-state index is 13.8. The van der Waals surface area contributed by atoms with Gasteiger partial charge in [-0.2, -0.15) is 0 Å². The minimum Gasteiger partial charge on any atom is -0.321 e. The van der Waals surface area contributed by atoms with Gasteiger partial charge in [0.25, 0.3) is 17.5 Å². The van der Waals surface area contributed by atoms with Gasteiger partial charge in [0.2, 0.25) is 5.91 Å². The topological polar surface area (TPSA) is 143 Å². The first-order valence-corrected chi connectivity index (χ1v) is 18.3. The van der Waals surface area contributed by atoms with E-state index in [1.54, 1.807) is 78.9 Å². The van der Waals surface area contributed by atoms with E-state index >= 15 is 0 Å². The highest BCUT2D eigenvalue weighted by Crippen LogP contribution is 2.38. The van der Waals surface area contributed by atoms with Crippen LogP contribution in [0.15, 0.2) is 143 Å². The summed E-state index contributed by atoms with van der Waals surface area (Å²) in [6, 6.07) is 35.5. The Labute approximate surface area is 322 Å². The van der Waals surface area contributed by atoms with Crippen LogP contribution < -0.4 is 16.0 Å². The van der Waals surface area contributed by atoms with Crippen molar-refractivity contribution in [1.29, 1.82) is 0 Å². The number of nitrogens with one attached hydrogen (secondary N) is 3. The molecule has 3 N–H and O–H groups in total. The van der Waals surface area contributed by atoms with E-state index in [-0.39, 0.29) is 22.9 Å². The molecule has 0 spiro atoms. The van der Waals surface area contributed by atoms with Crippen molar-refractivity contribution in [2.75, 3.05) is 10.6 Å². The first-order chi connectivity index (χ1) is 25.6. The molecule has 3 amide bonds. The number of thioether (sulfide) groups is 1. The van der Waals surface area contributed by atoms with Gasteiger partial charge in [0.15, 0.2) is 5.13 Å². The number of amides is 3. The minimum absolute atomic E-state index is 0.126. The molecule has 6 rings (SSSR count). The molecule has 0 aliphatic heterocycles. The molecular weight excluding hydrogens is 753 g/mol. The van der Waals surface area contributed by atoms with Crippen LogP contribution in [0.25, 0.3) is 17.3 Å².